The van der Waals surface area contributed by atoms with Crippen molar-refractivity contribution in [1.82, 2.24) is 19.9 Å². The van der Waals surface area contributed by atoms with Crippen LogP contribution in [0, 0.1) is 0 Å². The fraction of sp³-hybridized carbons (Fsp3) is 0.242. The molecule has 228 valence electrons. The molecule has 0 spiro atoms. The number of likely N-dealkylation sites (tertiary alicyclic amines) is 1. The van der Waals surface area contributed by atoms with E-state index in [1.165, 1.54) is 16.2 Å². The minimum absolute atomic E-state index is 0.249. The van der Waals surface area contributed by atoms with Crippen molar-refractivity contribution in [3.05, 3.63) is 125 Å². The molecule has 0 aliphatic carbocycles. The van der Waals surface area contributed by atoms with Crippen LogP contribution in [-0.2, 0) is 25.4 Å². The number of nitrogens with two attached hydrogens (primary N) is 1. The molecule has 0 saturated carbocycles. The summed E-state index contributed by atoms with van der Waals surface area (Å²) in [6.07, 6.45) is 4.65. The number of rotatable bonds is 12. The molecule has 1 fully saturated rings. The Hall–Kier alpha value is -4.32. The number of nitrogens with one attached hydrogen (secondary N) is 2. The normalized spacial score (nSPS) is 15.9. The zero-order valence-electron chi connectivity index (χ0n) is 24.1. The first-order valence-corrected chi connectivity index (χ1v) is 16.9. The number of sulfonamides is 1. The van der Waals surface area contributed by atoms with Gasteiger partial charge in [-0.15, -0.1) is 11.3 Å². The Morgan fingerprint density at radius 1 is 0.977 bits per heavy atom. The summed E-state index contributed by atoms with van der Waals surface area (Å²) in [4.78, 5) is 33.5. The van der Waals surface area contributed by atoms with Crippen molar-refractivity contribution in [3.8, 4) is 0 Å². The molecule has 4 N–H and O–H groups in total. The van der Waals surface area contributed by atoms with E-state index in [-0.39, 0.29) is 18.2 Å². The number of hydrogen-bond donors (Lipinski definition) is 3. The number of anilines is 1. The van der Waals surface area contributed by atoms with Crippen LogP contribution in [-0.4, -0.2) is 55.3 Å². The summed E-state index contributed by atoms with van der Waals surface area (Å²) in [6.45, 7) is 0.594. The number of carbonyl (C=O) groups is 2. The second-order valence-electron chi connectivity index (χ2n) is 10.6. The maximum absolute atomic E-state index is 14.5. The van der Waals surface area contributed by atoms with Crippen LogP contribution in [0.1, 0.15) is 41.1 Å². The Bertz CT molecular complexity index is 1640. The average Bonchev–Trinajstić information content (AvgIpc) is 3.69. The maximum Gasteiger partial charge on any atom is 0.243 e. The molecule has 3 aromatic carbocycles. The van der Waals surface area contributed by atoms with E-state index in [9.17, 15) is 18.0 Å². The average molecular weight is 630 g/mol. The van der Waals surface area contributed by atoms with Crippen LogP contribution in [0.4, 0.5) is 5.13 Å². The fourth-order valence-electron chi connectivity index (χ4n) is 5.50. The van der Waals surface area contributed by atoms with E-state index in [1.54, 1.807) is 36.4 Å². The molecule has 1 aromatic heterocycles. The lowest BCUT2D eigenvalue weighted by Gasteiger charge is -2.33. The summed E-state index contributed by atoms with van der Waals surface area (Å²) in [5, 5.41) is 5.17. The number of thiazole rings is 1. The molecule has 1 saturated heterocycles. The van der Waals surface area contributed by atoms with E-state index in [0.717, 1.165) is 11.1 Å². The van der Waals surface area contributed by atoms with Crippen molar-refractivity contribution >= 4 is 44.4 Å². The van der Waals surface area contributed by atoms with Crippen LogP contribution >= 0.6 is 11.3 Å². The van der Waals surface area contributed by atoms with Gasteiger partial charge in [-0.25, -0.2) is 18.1 Å². The Labute approximate surface area is 261 Å². The lowest BCUT2D eigenvalue weighted by molar-refractivity contribution is -0.139. The molecule has 2 heterocycles. The quantitative estimate of drug-likeness (QED) is 0.215. The zero-order valence-corrected chi connectivity index (χ0v) is 25.7. The van der Waals surface area contributed by atoms with Crippen LogP contribution < -0.4 is 15.8 Å². The SMILES string of the molecule is Nc1nc(/C=C/CNC(=O)[C@@H]2CCCN2C(=O)[C@H](NS(=O)(=O)Cc2ccccc2)C(c2ccccc2)c2ccccc2)cs1. The van der Waals surface area contributed by atoms with Crippen molar-refractivity contribution in [1.29, 1.82) is 0 Å². The minimum Gasteiger partial charge on any atom is -0.375 e. The summed E-state index contributed by atoms with van der Waals surface area (Å²) in [5.41, 5.74) is 8.56. The molecule has 2 amide bonds. The number of nitrogen functional groups attached to an aromatic ring is 1. The molecule has 11 heteroatoms. The Morgan fingerprint density at radius 2 is 1.59 bits per heavy atom. The molecule has 0 bridgehead atoms. The maximum atomic E-state index is 14.5. The zero-order chi connectivity index (χ0) is 30.9. The van der Waals surface area contributed by atoms with Gasteiger partial charge in [0.15, 0.2) is 5.13 Å². The molecule has 1 aliphatic rings. The first-order valence-electron chi connectivity index (χ1n) is 14.4. The highest BCUT2D eigenvalue weighted by molar-refractivity contribution is 7.88. The molecule has 9 nitrogen and oxygen atoms in total. The van der Waals surface area contributed by atoms with Crippen LogP contribution in [0.15, 0.2) is 102 Å². The third-order valence-corrected chi connectivity index (χ3v) is 9.50. The Balaban J connectivity index is 1.42. The van der Waals surface area contributed by atoms with Crippen LogP contribution in [0.5, 0.6) is 0 Å². The van der Waals surface area contributed by atoms with Gasteiger partial charge in [-0.05, 0) is 35.6 Å². The largest absolute Gasteiger partial charge is 0.375 e. The van der Waals surface area contributed by atoms with Gasteiger partial charge >= 0.3 is 0 Å². The Kier molecular flexibility index (Phi) is 10.2. The first-order chi connectivity index (χ1) is 21.3. The molecule has 0 unspecified atom stereocenters. The third kappa shape index (κ3) is 7.98. The van der Waals surface area contributed by atoms with E-state index in [2.05, 4.69) is 15.0 Å². The summed E-state index contributed by atoms with van der Waals surface area (Å²) in [6, 6.07) is 25.7. The summed E-state index contributed by atoms with van der Waals surface area (Å²) in [5.74, 6) is -1.65. The monoisotopic (exact) mass is 629 g/mol. The Morgan fingerprint density at radius 3 is 2.18 bits per heavy atom. The molecule has 44 heavy (non-hydrogen) atoms. The molecule has 2 atom stereocenters. The smallest absolute Gasteiger partial charge is 0.243 e. The van der Waals surface area contributed by atoms with Crippen molar-refractivity contribution in [2.75, 3.05) is 18.8 Å². The van der Waals surface area contributed by atoms with Crippen LogP contribution in [0.25, 0.3) is 6.08 Å². The predicted molar refractivity (Wildman–Crippen MR) is 174 cm³/mol. The molecular weight excluding hydrogens is 595 g/mol. The topological polar surface area (TPSA) is 134 Å². The minimum atomic E-state index is -3.97. The third-order valence-electron chi connectivity index (χ3n) is 7.48. The van der Waals surface area contributed by atoms with Gasteiger partial charge in [-0.3, -0.25) is 9.59 Å². The number of carbonyl (C=O) groups excluding carboxylic acids is 2. The predicted octanol–water partition coefficient (Wildman–Crippen LogP) is 4.17. The summed E-state index contributed by atoms with van der Waals surface area (Å²) >= 11 is 1.33. The van der Waals surface area contributed by atoms with Crippen LogP contribution in [0.2, 0.25) is 0 Å². The van der Waals surface area contributed by atoms with E-state index in [0.29, 0.717) is 35.8 Å². The van der Waals surface area contributed by atoms with E-state index in [4.69, 9.17) is 5.73 Å². The highest BCUT2D eigenvalue weighted by Crippen LogP contribution is 2.32. The highest BCUT2D eigenvalue weighted by atomic mass is 32.2. The molecule has 1 aliphatic heterocycles. The number of hydrogen-bond acceptors (Lipinski definition) is 7. The molecule has 4 aromatic rings. The summed E-state index contributed by atoms with van der Waals surface area (Å²) in [7, 11) is -3.97. The van der Waals surface area contributed by atoms with E-state index < -0.39 is 33.9 Å². The second kappa shape index (κ2) is 14.4. The van der Waals surface area contributed by atoms with Gasteiger partial charge in [0.05, 0.1) is 11.4 Å². The molecule has 0 radical (unpaired) electrons. The number of amides is 2. The molecular formula is C33H35N5O4S2. The lowest BCUT2D eigenvalue weighted by Crippen LogP contribution is -2.55. The lowest BCUT2D eigenvalue weighted by atomic mass is 9.84. The van der Waals surface area contributed by atoms with Gasteiger partial charge in [0.25, 0.3) is 0 Å². The van der Waals surface area contributed by atoms with Crippen molar-refractivity contribution in [3.63, 3.8) is 0 Å². The first kappa shape index (κ1) is 31.1. The van der Waals surface area contributed by atoms with Gasteiger partial charge in [-0.2, -0.15) is 0 Å². The number of aromatic nitrogens is 1. The molecule has 5 rings (SSSR count). The summed E-state index contributed by atoms with van der Waals surface area (Å²) < 4.78 is 30.0. The van der Waals surface area contributed by atoms with Crippen molar-refractivity contribution < 1.29 is 18.0 Å². The van der Waals surface area contributed by atoms with E-state index in [1.807, 2.05) is 72.1 Å². The fourth-order valence-corrected chi connectivity index (χ4v) is 7.37. The van der Waals surface area contributed by atoms with Gasteiger partial charge in [0.1, 0.15) is 12.1 Å². The van der Waals surface area contributed by atoms with Gasteiger partial charge in [0, 0.05) is 24.4 Å². The van der Waals surface area contributed by atoms with Crippen LogP contribution in [0.3, 0.4) is 0 Å². The van der Waals surface area contributed by atoms with Crippen molar-refractivity contribution in [2.24, 2.45) is 0 Å². The standard InChI is InChI=1S/C33H35N5O4S2/c34-33-36-27(22-43-33)18-10-20-35-31(39)28-19-11-21-38(28)32(40)30(37-44(41,42)23-24-12-4-1-5-13-24)29(25-14-6-2-7-15-25)26-16-8-3-9-17-26/h1-10,12-18,22,28-30,37H,11,19-21,23H2,(H2,34,36)(H,35,39)/b18-10+/t28-,30+/m0/s1. The van der Waals surface area contributed by atoms with Gasteiger partial charge in [-0.1, -0.05) is 97.1 Å². The second-order valence-corrected chi connectivity index (χ2v) is 13.2. The number of benzene rings is 3. The van der Waals surface area contributed by atoms with Gasteiger partial charge in [0.2, 0.25) is 21.8 Å². The number of nitrogens with zero attached hydrogens (tertiary/aromatic N) is 2. The van der Waals surface area contributed by atoms with Gasteiger partial charge < -0.3 is 16.0 Å². The van der Waals surface area contributed by atoms with Crippen molar-refractivity contribution in [2.45, 2.75) is 36.6 Å². The van der Waals surface area contributed by atoms with E-state index >= 15 is 0 Å². The highest BCUT2D eigenvalue weighted by Gasteiger charge is 2.42.